The van der Waals surface area contributed by atoms with Crippen LogP contribution < -0.4 is 10.0 Å². The first-order valence-corrected chi connectivity index (χ1v) is 8.98. The van der Waals surface area contributed by atoms with E-state index in [1.54, 1.807) is 19.1 Å². The number of amides is 1. The third-order valence-corrected chi connectivity index (χ3v) is 5.37. The first-order chi connectivity index (χ1) is 11.2. The lowest BCUT2D eigenvalue weighted by atomic mass is 10.1. The topological polar surface area (TPSA) is 101 Å². The second-order valence-electron chi connectivity index (χ2n) is 5.54. The zero-order chi connectivity index (χ0) is 17.9. The van der Waals surface area contributed by atoms with E-state index >= 15 is 0 Å². The Kier molecular flexibility index (Phi) is 5.40. The van der Waals surface area contributed by atoms with E-state index in [1.807, 2.05) is 13.8 Å². The monoisotopic (exact) mass is 351 g/mol. The van der Waals surface area contributed by atoms with E-state index in [0.29, 0.717) is 23.4 Å². The molecule has 1 aromatic heterocycles. The summed E-state index contributed by atoms with van der Waals surface area (Å²) < 4.78 is 31.3. The van der Waals surface area contributed by atoms with Gasteiger partial charge in [0.2, 0.25) is 15.9 Å². The molecule has 0 aliphatic rings. The van der Waals surface area contributed by atoms with E-state index in [9.17, 15) is 13.2 Å². The van der Waals surface area contributed by atoms with Crippen LogP contribution in [0, 0.1) is 20.8 Å². The van der Waals surface area contributed by atoms with Gasteiger partial charge in [0.05, 0.1) is 10.6 Å². The third kappa shape index (κ3) is 4.01. The number of hydrogen-bond acceptors (Lipinski definition) is 5. The van der Waals surface area contributed by atoms with Crippen molar-refractivity contribution in [2.45, 2.75) is 38.5 Å². The van der Waals surface area contributed by atoms with Gasteiger partial charge in [-0.05, 0) is 51.9 Å². The summed E-state index contributed by atoms with van der Waals surface area (Å²) in [4.78, 5) is 12.3. The van der Waals surface area contributed by atoms with Crippen LogP contribution in [0.1, 0.15) is 29.0 Å². The maximum absolute atomic E-state index is 12.1. The van der Waals surface area contributed by atoms with Crippen LogP contribution in [0.5, 0.6) is 0 Å². The van der Waals surface area contributed by atoms with Crippen molar-refractivity contribution in [3.63, 3.8) is 0 Å². The van der Waals surface area contributed by atoms with E-state index in [2.05, 4.69) is 15.2 Å². The number of rotatable bonds is 6. The van der Waals surface area contributed by atoms with E-state index in [0.717, 1.165) is 11.3 Å². The molecule has 0 radical (unpaired) electrons. The van der Waals surface area contributed by atoms with Gasteiger partial charge >= 0.3 is 0 Å². The summed E-state index contributed by atoms with van der Waals surface area (Å²) in [6.07, 6.45) is 0.769. The van der Waals surface area contributed by atoms with Gasteiger partial charge in [0, 0.05) is 17.7 Å². The third-order valence-electron chi connectivity index (χ3n) is 3.81. The average Bonchev–Trinajstić information content (AvgIpc) is 2.85. The van der Waals surface area contributed by atoms with Gasteiger partial charge in [0.1, 0.15) is 5.76 Å². The Balaban J connectivity index is 2.08. The Morgan fingerprint density at radius 3 is 2.54 bits per heavy atom. The molecule has 0 aliphatic carbocycles. The molecule has 0 aliphatic heterocycles. The minimum Gasteiger partial charge on any atom is -0.361 e. The van der Waals surface area contributed by atoms with Gasteiger partial charge in [0.15, 0.2) is 0 Å². The molecule has 0 saturated heterocycles. The highest BCUT2D eigenvalue weighted by molar-refractivity contribution is 7.89. The van der Waals surface area contributed by atoms with Gasteiger partial charge in [-0.2, -0.15) is 0 Å². The second kappa shape index (κ2) is 7.14. The first-order valence-electron chi connectivity index (χ1n) is 7.50. The summed E-state index contributed by atoms with van der Waals surface area (Å²) in [5.41, 5.74) is 2.75. The molecule has 1 heterocycles. The predicted octanol–water partition coefficient (Wildman–Crippen LogP) is 2.08. The van der Waals surface area contributed by atoms with Crippen molar-refractivity contribution >= 4 is 21.6 Å². The highest BCUT2D eigenvalue weighted by Gasteiger charge is 2.16. The molecule has 1 aromatic carbocycles. The van der Waals surface area contributed by atoms with Gasteiger partial charge in [-0.1, -0.05) is 11.2 Å². The maximum atomic E-state index is 12.1. The van der Waals surface area contributed by atoms with Gasteiger partial charge in [-0.25, -0.2) is 13.1 Å². The van der Waals surface area contributed by atoms with E-state index in [-0.39, 0.29) is 17.2 Å². The fourth-order valence-electron chi connectivity index (χ4n) is 2.40. The second-order valence-corrected chi connectivity index (χ2v) is 7.39. The highest BCUT2D eigenvalue weighted by Crippen LogP contribution is 2.20. The Morgan fingerprint density at radius 2 is 1.96 bits per heavy atom. The molecule has 7 nitrogen and oxygen atoms in total. The Hall–Kier alpha value is -2.19. The average molecular weight is 351 g/mol. The Labute approximate surface area is 141 Å². The first kappa shape index (κ1) is 18.2. The van der Waals surface area contributed by atoms with Gasteiger partial charge in [-0.3, -0.25) is 4.79 Å². The molecule has 2 N–H and O–H groups in total. The SMILES string of the molecule is CNS(=O)(=O)c1cc(NC(=O)CCc2c(C)noc2C)ccc1C. The summed E-state index contributed by atoms with van der Waals surface area (Å²) in [5, 5.41) is 6.58. The van der Waals surface area contributed by atoms with E-state index in [1.165, 1.54) is 13.1 Å². The van der Waals surface area contributed by atoms with Crippen LogP contribution in [0.15, 0.2) is 27.6 Å². The number of aromatic nitrogens is 1. The van der Waals surface area contributed by atoms with Crippen LogP contribution in [0.3, 0.4) is 0 Å². The van der Waals surface area contributed by atoms with Crippen LogP contribution in [0.25, 0.3) is 0 Å². The lowest BCUT2D eigenvalue weighted by Gasteiger charge is -2.10. The highest BCUT2D eigenvalue weighted by atomic mass is 32.2. The van der Waals surface area contributed by atoms with Crippen molar-refractivity contribution in [1.29, 1.82) is 0 Å². The minimum absolute atomic E-state index is 0.147. The zero-order valence-electron chi connectivity index (χ0n) is 14.1. The summed E-state index contributed by atoms with van der Waals surface area (Å²) >= 11 is 0. The molecular formula is C16H21N3O4S. The number of benzene rings is 1. The number of nitrogens with one attached hydrogen (secondary N) is 2. The number of nitrogens with zero attached hydrogens (tertiary/aromatic N) is 1. The van der Waals surface area contributed by atoms with Crippen LogP contribution >= 0.6 is 0 Å². The standard InChI is InChI=1S/C16H21N3O4S/c1-10-5-6-13(9-15(10)24(21,22)17-4)18-16(20)8-7-14-11(2)19-23-12(14)3/h5-6,9,17H,7-8H2,1-4H3,(H,18,20). The Bertz CT molecular complexity index is 837. The van der Waals surface area contributed by atoms with Crippen LogP contribution in [0.2, 0.25) is 0 Å². The van der Waals surface area contributed by atoms with Crippen molar-refractivity contribution in [3.05, 3.63) is 40.8 Å². The summed E-state index contributed by atoms with van der Waals surface area (Å²) in [5.74, 6) is 0.504. The molecule has 0 atom stereocenters. The van der Waals surface area contributed by atoms with E-state index < -0.39 is 10.0 Å². The van der Waals surface area contributed by atoms with Crippen molar-refractivity contribution in [1.82, 2.24) is 9.88 Å². The lowest BCUT2D eigenvalue weighted by Crippen LogP contribution is -2.20. The summed E-state index contributed by atoms with van der Waals surface area (Å²) in [6, 6.07) is 4.79. The largest absolute Gasteiger partial charge is 0.361 e. The number of hydrogen-bond donors (Lipinski definition) is 2. The molecule has 2 rings (SSSR count). The molecule has 0 saturated carbocycles. The fourth-order valence-corrected chi connectivity index (χ4v) is 3.39. The van der Waals surface area contributed by atoms with Crippen LogP contribution in [-0.2, 0) is 21.2 Å². The smallest absolute Gasteiger partial charge is 0.240 e. The van der Waals surface area contributed by atoms with Crippen molar-refractivity contribution in [2.24, 2.45) is 0 Å². The molecular weight excluding hydrogens is 330 g/mol. The molecule has 0 spiro atoms. The van der Waals surface area contributed by atoms with Gasteiger partial charge < -0.3 is 9.84 Å². The van der Waals surface area contributed by atoms with E-state index in [4.69, 9.17) is 4.52 Å². The number of aryl methyl sites for hydroxylation is 3. The maximum Gasteiger partial charge on any atom is 0.240 e. The molecule has 2 aromatic rings. The van der Waals surface area contributed by atoms with Gasteiger partial charge in [-0.15, -0.1) is 0 Å². The number of anilines is 1. The minimum atomic E-state index is -3.57. The molecule has 130 valence electrons. The molecule has 0 unspecified atom stereocenters. The molecule has 24 heavy (non-hydrogen) atoms. The lowest BCUT2D eigenvalue weighted by molar-refractivity contribution is -0.116. The molecule has 1 amide bonds. The van der Waals surface area contributed by atoms with Crippen LogP contribution in [-0.4, -0.2) is 26.5 Å². The zero-order valence-corrected chi connectivity index (χ0v) is 15.0. The normalized spacial score (nSPS) is 11.5. The summed E-state index contributed by atoms with van der Waals surface area (Å²) in [6.45, 7) is 5.34. The van der Waals surface area contributed by atoms with Gasteiger partial charge in [0.25, 0.3) is 0 Å². The predicted molar refractivity (Wildman–Crippen MR) is 90.4 cm³/mol. The summed E-state index contributed by atoms with van der Waals surface area (Å²) in [7, 11) is -2.22. The fraction of sp³-hybridized carbons (Fsp3) is 0.375. The quantitative estimate of drug-likeness (QED) is 0.830. The number of carbonyl (C=O) groups is 1. The number of sulfonamides is 1. The Morgan fingerprint density at radius 1 is 1.25 bits per heavy atom. The molecule has 0 fully saturated rings. The van der Waals surface area contributed by atoms with Crippen molar-refractivity contribution in [3.8, 4) is 0 Å². The van der Waals surface area contributed by atoms with Crippen molar-refractivity contribution < 1.29 is 17.7 Å². The van der Waals surface area contributed by atoms with Crippen LogP contribution in [0.4, 0.5) is 5.69 Å². The molecule has 8 heteroatoms. The number of carbonyl (C=O) groups excluding carboxylic acids is 1. The molecule has 0 bridgehead atoms. The van der Waals surface area contributed by atoms with Crippen molar-refractivity contribution in [2.75, 3.05) is 12.4 Å².